The van der Waals surface area contributed by atoms with Crippen LogP contribution in [-0.2, 0) is 0 Å². The van der Waals surface area contributed by atoms with Crippen LogP contribution in [0.5, 0.6) is 0 Å². The van der Waals surface area contributed by atoms with Crippen molar-refractivity contribution >= 4 is 28.9 Å². The summed E-state index contributed by atoms with van der Waals surface area (Å²) in [6.07, 6.45) is 0.973. The molecule has 9 heteroatoms. The second-order valence-electron chi connectivity index (χ2n) is 2.92. The zero-order valence-electron chi connectivity index (χ0n) is 9.74. The van der Waals surface area contributed by atoms with E-state index in [4.69, 9.17) is 41.8 Å². The summed E-state index contributed by atoms with van der Waals surface area (Å²) in [4.78, 5) is 0. The van der Waals surface area contributed by atoms with Gasteiger partial charge in [-0.3, -0.25) is 5.01 Å². The van der Waals surface area contributed by atoms with Crippen molar-refractivity contribution in [3.05, 3.63) is 0 Å². The Bertz CT molecular complexity index is 199. The molecule has 0 aromatic heterocycles. The molecule has 0 heterocycles. The molecule has 0 amide bonds. The molecular weight excluding hydrogens is 294 g/mol. The third-order valence-electron chi connectivity index (χ3n) is 1.51. The van der Waals surface area contributed by atoms with E-state index in [1.807, 2.05) is 11.9 Å². The molecule has 0 aliphatic carbocycles. The molecule has 0 unspecified atom stereocenters. The molecule has 0 aromatic rings. The third kappa shape index (κ3) is 21.9. The minimum Gasteiger partial charge on any atom is -0.295 e. The highest BCUT2D eigenvalue weighted by Crippen LogP contribution is 1.95. The van der Waals surface area contributed by atoms with Gasteiger partial charge in [0.1, 0.15) is 0 Å². The second kappa shape index (κ2) is 11.3. The van der Waals surface area contributed by atoms with E-state index in [1.54, 1.807) is 0 Å². The maximum atomic E-state index is 8.60. The lowest BCUT2D eigenvalue weighted by Gasteiger charge is -2.17. The fourth-order valence-electron chi connectivity index (χ4n) is 0.719. The molecule has 0 bridgehead atoms. The molecule has 0 radical (unpaired) electrons. The Labute approximate surface area is 113 Å². The highest BCUT2D eigenvalue weighted by Gasteiger charge is 1.99. The number of alkyl halides is 2. The van der Waals surface area contributed by atoms with Crippen LogP contribution in [0.4, 0.5) is 0 Å². The van der Waals surface area contributed by atoms with Gasteiger partial charge in [0.05, 0.1) is 14.9 Å². The van der Waals surface area contributed by atoms with Gasteiger partial charge in [-0.1, -0.05) is 6.92 Å². The van der Waals surface area contributed by atoms with Gasteiger partial charge in [-0.15, -0.1) is 23.2 Å². The van der Waals surface area contributed by atoms with E-state index in [1.165, 1.54) is 0 Å². The van der Waals surface area contributed by atoms with Crippen LogP contribution in [0.3, 0.4) is 0 Å². The molecule has 0 spiro atoms. The molecule has 0 aromatic carbocycles. The maximum absolute atomic E-state index is 8.60. The topological polar surface area (TPSA) is 105 Å². The standard InChI is InChI=1S/C8H16Cl2N2.ClHO4/c1-3-8(2)11-12(6-4-9)7-5-10;2-1(3,4)5/h3-7H2,1-2H3;(H,2,3,4,5)/b11-8+;. The largest absolute Gasteiger partial charge is 0.295 e. The molecule has 0 atom stereocenters. The molecule has 0 aliphatic rings. The molecule has 0 saturated carbocycles. The first-order valence-electron chi connectivity index (χ1n) is 4.78. The van der Waals surface area contributed by atoms with Crippen molar-refractivity contribution in [2.75, 3.05) is 24.8 Å². The molecule has 0 aliphatic heterocycles. The lowest BCUT2D eigenvalue weighted by atomic mass is 10.3. The summed E-state index contributed by atoms with van der Waals surface area (Å²) in [7, 11) is -4.69. The molecule has 17 heavy (non-hydrogen) atoms. The van der Waals surface area contributed by atoms with Crippen LogP contribution < -0.4 is 14.0 Å². The first-order valence-corrected chi connectivity index (χ1v) is 7.12. The van der Waals surface area contributed by atoms with Gasteiger partial charge in [-0.05, 0) is 13.3 Å². The van der Waals surface area contributed by atoms with Crippen molar-refractivity contribution < 1.29 is 28.9 Å². The number of hydrazone groups is 1. The molecule has 104 valence electrons. The first-order chi connectivity index (χ1) is 7.74. The van der Waals surface area contributed by atoms with Crippen LogP contribution in [0.15, 0.2) is 5.10 Å². The predicted octanol–water partition coefficient (Wildman–Crippen LogP) is -1.57. The van der Waals surface area contributed by atoms with Crippen molar-refractivity contribution in [2.45, 2.75) is 20.3 Å². The van der Waals surface area contributed by atoms with Crippen LogP contribution in [-0.4, -0.2) is 40.2 Å². The van der Waals surface area contributed by atoms with Crippen molar-refractivity contribution in [1.82, 2.24) is 5.01 Å². The van der Waals surface area contributed by atoms with E-state index in [2.05, 4.69) is 12.0 Å². The summed E-state index contributed by atoms with van der Waals surface area (Å²) in [6, 6.07) is 0. The van der Waals surface area contributed by atoms with Crippen molar-refractivity contribution in [3.63, 3.8) is 0 Å². The van der Waals surface area contributed by atoms with E-state index >= 15 is 0 Å². The molecular formula is C8H17Cl3N2O4. The van der Waals surface area contributed by atoms with Gasteiger partial charge >= 0.3 is 0 Å². The summed E-state index contributed by atoms with van der Waals surface area (Å²) in [5.41, 5.74) is 1.12. The maximum Gasteiger partial charge on any atom is 0.0777 e. The average Bonchev–Trinajstić information content (AvgIpc) is 2.15. The number of halogens is 3. The Morgan fingerprint density at radius 3 is 1.82 bits per heavy atom. The van der Waals surface area contributed by atoms with Gasteiger partial charge in [0.2, 0.25) is 0 Å². The number of hydrogen-bond donors (Lipinski definition) is 1. The van der Waals surface area contributed by atoms with E-state index in [-0.39, 0.29) is 0 Å². The molecule has 6 nitrogen and oxygen atoms in total. The lowest BCUT2D eigenvalue weighted by Crippen LogP contribution is -2.58. The second-order valence-corrected chi connectivity index (χ2v) is 4.46. The molecule has 0 saturated heterocycles. The van der Waals surface area contributed by atoms with E-state index < -0.39 is 10.2 Å². The van der Waals surface area contributed by atoms with Crippen LogP contribution in [0.2, 0.25) is 0 Å². The molecule has 0 rings (SSSR count). The summed E-state index contributed by atoms with van der Waals surface area (Å²) < 4.78 is 32.7. The minimum absolute atomic E-state index is 0.595. The van der Waals surface area contributed by atoms with E-state index in [9.17, 15) is 0 Å². The van der Waals surface area contributed by atoms with Crippen LogP contribution in [0.1, 0.15) is 20.3 Å². The predicted molar refractivity (Wildman–Crippen MR) is 58.6 cm³/mol. The van der Waals surface area contributed by atoms with Crippen molar-refractivity contribution in [2.24, 2.45) is 5.10 Å². The molecule has 1 N–H and O–H groups in total. The molecule has 0 fully saturated rings. The highest BCUT2D eigenvalue weighted by molar-refractivity contribution is 6.18. The van der Waals surface area contributed by atoms with Gasteiger partial charge in [0.15, 0.2) is 0 Å². The normalized spacial score (nSPS) is 11.9. The summed E-state index contributed by atoms with van der Waals surface area (Å²) in [5.74, 6) is 1.19. The summed E-state index contributed by atoms with van der Waals surface area (Å²) in [5, 5.41) is 6.27. The zero-order valence-corrected chi connectivity index (χ0v) is 12.0. The number of nitrogens with zero attached hydrogens (tertiary/aromatic N) is 2. The van der Waals surface area contributed by atoms with Gasteiger partial charge in [0.25, 0.3) is 0 Å². The quantitative estimate of drug-likeness (QED) is 0.362. The zero-order chi connectivity index (χ0) is 13.9. The van der Waals surface area contributed by atoms with Crippen molar-refractivity contribution in [3.8, 4) is 0 Å². The smallest absolute Gasteiger partial charge is 0.0777 e. The van der Waals surface area contributed by atoms with Crippen molar-refractivity contribution in [1.29, 1.82) is 0 Å². The average molecular weight is 312 g/mol. The fourth-order valence-corrected chi connectivity index (χ4v) is 1.11. The Kier molecular flexibility index (Phi) is 13.0. The minimum atomic E-state index is -4.69. The summed E-state index contributed by atoms with van der Waals surface area (Å²) >= 11 is 11.2. The van der Waals surface area contributed by atoms with Gasteiger partial charge < -0.3 is 0 Å². The monoisotopic (exact) mass is 310 g/mol. The Morgan fingerprint density at radius 2 is 1.59 bits per heavy atom. The Morgan fingerprint density at radius 1 is 1.24 bits per heavy atom. The highest BCUT2D eigenvalue weighted by atomic mass is 35.7. The fraction of sp³-hybridized carbons (Fsp3) is 0.875. The lowest BCUT2D eigenvalue weighted by molar-refractivity contribution is -1.92. The summed E-state index contributed by atoms with van der Waals surface area (Å²) in [6.45, 7) is 5.63. The van der Waals surface area contributed by atoms with E-state index in [0.29, 0.717) is 11.8 Å². The van der Waals surface area contributed by atoms with Crippen LogP contribution in [0.25, 0.3) is 0 Å². The van der Waals surface area contributed by atoms with Crippen LogP contribution >= 0.6 is 23.2 Å². The third-order valence-corrected chi connectivity index (χ3v) is 1.85. The van der Waals surface area contributed by atoms with Crippen LogP contribution in [0, 0.1) is 10.2 Å². The SMILES string of the molecule is CC/C(C)=N/N(CCCl)CCCl.[O-][Cl+3]([O-])([O-])O. The first kappa shape index (κ1) is 19.5. The Balaban J connectivity index is 0. The Hall–Kier alpha value is 0.180. The van der Waals surface area contributed by atoms with Gasteiger partial charge in [-0.2, -0.15) is 19.1 Å². The number of rotatable bonds is 6. The van der Waals surface area contributed by atoms with Gasteiger partial charge in [0, 0.05) is 30.6 Å². The number of hydrogen-bond acceptors (Lipinski definition) is 6. The van der Waals surface area contributed by atoms with Gasteiger partial charge in [-0.25, -0.2) is 0 Å². The van der Waals surface area contributed by atoms with E-state index in [0.717, 1.165) is 25.2 Å².